The van der Waals surface area contributed by atoms with Crippen LogP contribution in [-0.2, 0) is 26.4 Å². The van der Waals surface area contributed by atoms with Gasteiger partial charge in [-0.2, -0.15) is 0 Å². The summed E-state index contributed by atoms with van der Waals surface area (Å²) in [5.74, 6) is 0. The Morgan fingerprint density at radius 2 is 1.11 bits per heavy atom. The molecule has 1 rings (SSSR count). The number of rotatable bonds is 2. The van der Waals surface area contributed by atoms with Crippen molar-refractivity contribution in [2.45, 2.75) is 64.0 Å². The van der Waals surface area contributed by atoms with Crippen LogP contribution in [0.5, 0.6) is 0 Å². The molecule has 0 amide bonds. The molecule has 0 bridgehead atoms. The molecule has 0 heterocycles. The third kappa shape index (κ3) is 7.78. The molecular weight excluding hydrogens is 300 g/mol. The molecule has 0 aliphatic heterocycles. The van der Waals surface area contributed by atoms with Crippen LogP contribution < -0.4 is 0 Å². The fourth-order valence-corrected chi connectivity index (χ4v) is 9.88. The van der Waals surface area contributed by atoms with Crippen molar-refractivity contribution in [3.8, 4) is 0 Å². The maximum Gasteiger partial charge on any atom is 2.00 e. The van der Waals surface area contributed by atoms with Crippen LogP contribution in [0.1, 0.15) is 25.7 Å². The van der Waals surface area contributed by atoms with Crippen LogP contribution in [0.25, 0.3) is 0 Å². The van der Waals surface area contributed by atoms with E-state index in [1.807, 2.05) is 0 Å². The Morgan fingerprint density at radius 1 is 0.833 bits per heavy atom. The van der Waals surface area contributed by atoms with Gasteiger partial charge in [-0.1, -0.05) is 58.4 Å². The third-order valence-corrected chi connectivity index (χ3v) is 23.6. The molecule has 5 heteroatoms. The van der Waals surface area contributed by atoms with Crippen molar-refractivity contribution in [1.82, 2.24) is 0 Å². The minimum atomic E-state index is -0.833. The molecule has 1 fully saturated rings. The second-order valence-corrected chi connectivity index (χ2v) is 23.1. The zero-order valence-corrected chi connectivity index (χ0v) is 15.7. The smallest absolute Gasteiger partial charge is 0.358 e. The predicted molar refractivity (Wildman–Crippen MR) is 77.3 cm³/mol. The van der Waals surface area contributed by atoms with Crippen LogP contribution in [-0.4, -0.2) is 15.2 Å². The van der Waals surface area contributed by atoms with Gasteiger partial charge in [0.25, 0.3) is 0 Å². The largest absolute Gasteiger partial charge is 2.00 e. The van der Waals surface area contributed by atoms with Crippen molar-refractivity contribution < 1.29 is 26.4 Å². The Morgan fingerprint density at radius 3 is 1.33 bits per heavy atom. The van der Waals surface area contributed by atoms with E-state index in [0.29, 0.717) is 0 Å². The molecule has 2 nitrogen and oxygen atoms in total. The predicted octanol–water partition coefficient (Wildman–Crippen LogP) is 4.43. The van der Waals surface area contributed by atoms with Crippen molar-refractivity contribution in [3.63, 3.8) is 0 Å². The Labute approximate surface area is 126 Å². The standard InChI is InChI=1S/C10H24Si2.2CO.CH3.Fe/c1-11(2,3)12(4,5)10-8-6-7-9-10;2*1-2;;/h10H,6-9H2,1-5H3;;;1H3;/q;;;-1;+2. The van der Waals surface area contributed by atoms with Crippen LogP contribution in [0.15, 0.2) is 0 Å². The summed E-state index contributed by atoms with van der Waals surface area (Å²) in [4.78, 5) is 0. The molecule has 0 unspecified atom stereocenters. The van der Waals surface area contributed by atoms with Crippen LogP contribution in [0.4, 0.5) is 0 Å². The molecule has 1 aliphatic rings. The molecule has 0 aromatic carbocycles. The van der Waals surface area contributed by atoms with Gasteiger partial charge in [0.2, 0.25) is 0 Å². The first-order valence-electron chi connectivity index (χ1n) is 5.76. The van der Waals surface area contributed by atoms with Gasteiger partial charge in [-0.05, 0) is 5.54 Å². The van der Waals surface area contributed by atoms with E-state index in [-0.39, 0.29) is 24.5 Å². The van der Waals surface area contributed by atoms with Crippen molar-refractivity contribution in [3.05, 3.63) is 20.7 Å². The number of hydrogen-bond acceptors (Lipinski definition) is 0. The van der Waals surface area contributed by atoms with E-state index < -0.39 is 15.2 Å². The quantitative estimate of drug-likeness (QED) is 0.409. The van der Waals surface area contributed by atoms with Gasteiger partial charge in [0.1, 0.15) is 0 Å². The second kappa shape index (κ2) is 12.5. The maximum absolute atomic E-state index is 7.50. The van der Waals surface area contributed by atoms with E-state index in [9.17, 15) is 0 Å². The SMILES string of the molecule is C[Si](C)(C)[Si](C)(C)C1CCCC1.[C-]#[O+].[C-]#[O+].[CH3-].[Fe+2]. The molecule has 0 saturated heterocycles. The Kier molecular flexibility index (Phi) is 18.6. The first-order valence-corrected chi connectivity index (χ1v) is 13.3. The van der Waals surface area contributed by atoms with Gasteiger partial charge in [-0.3, -0.25) is 0 Å². The summed E-state index contributed by atoms with van der Waals surface area (Å²) >= 11 is 0. The normalized spacial score (nSPS) is 14.7. The van der Waals surface area contributed by atoms with Crippen LogP contribution in [0.3, 0.4) is 0 Å². The first kappa shape index (κ1) is 26.9. The summed E-state index contributed by atoms with van der Waals surface area (Å²) in [5, 5.41) is 0. The summed E-state index contributed by atoms with van der Waals surface area (Å²) in [7, 11) is -1.64. The Bertz CT molecular complexity index is 220. The maximum atomic E-state index is 7.50. The van der Waals surface area contributed by atoms with E-state index in [0.717, 1.165) is 0 Å². The molecule has 1 saturated carbocycles. The first-order chi connectivity index (χ1) is 7.36. The van der Waals surface area contributed by atoms with Crippen LogP contribution in [0.2, 0.25) is 38.3 Å². The average Bonchev–Trinajstić information content (AvgIpc) is 2.75. The van der Waals surface area contributed by atoms with Crippen molar-refractivity contribution in [1.29, 1.82) is 0 Å². The van der Waals surface area contributed by atoms with E-state index in [1.165, 1.54) is 18.4 Å². The average molecular weight is 327 g/mol. The molecular formula is C13H27FeO2Si2+. The fourth-order valence-electron chi connectivity index (χ4n) is 2.26. The molecule has 0 aromatic rings. The summed E-state index contributed by atoms with van der Waals surface area (Å²) in [6, 6.07) is 0. The van der Waals surface area contributed by atoms with E-state index in [2.05, 4.69) is 46.0 Å². The molecule has 106 valence electrons. The van der Waals surface area contributed by atoms with Gasteiger partial charge in [-0.25, -0.2) is 0 Å². The van der Waals surface area contributed by atoms with Gasteiger partial charge >= 0.3 is 39.7 Å². The monoisotopic (exact) mass is 327 g/mol. The molecule has 0 spiro atoms. The molecule has 18 heavy (non-hydrogen) atoms. The molecule has 0 N–H and O–H groups in total. The van der Waals surface area contributed by atoms with Crippen molar-refractivity contribution >= 4 is 15.2 Å². The molecule has 1 aliphatic carbocycles. The molecule has 0 radical (unpaired) electrons. The van der Waals surface area contributed by atoms with Crippen molar-refractivity contribution in [2.24, 2.45) is 0 Å². The Balaban J connectivity index is -0.000000149. The molecule has 0 aromatic heterocycles. The fraction of sp³-hybridized carbons (Fsp3) is 0.769. The summed E-state index contributed by atoms with van der Waals surface area (Å²) in [6.45, 7) is 22.0. The van der Waals surface area contributed by atoms with Crippen molar-refractivity contribution in [2.75, 3.05) is 0 Å². The van der Waals surface area contributed by atoms with Crippen LogP contribution >= 0.6 is 0 Å². The zero-order valence-electron chi connectivity index (χ0n) is 12.6. The molecule has 0 atom stereocenters. The summed E-state index contributed by atoms with van der Waals surface area (Å²) in [5.41, 5.74) is 1.17. The topological polar surface area (TPSA) is 39.8 Å². The van der Waals surface area contributed by atoms with Gasteiger partial charge in [-0.15, -0.1) is 0 Å². The number of hydrogen-bond donors (Lipinski definition) is 0. The Hall–Kier alpha value is 0.433. The third-order valence-electron chi connectivity index (χ3n) is 4.31. The zero-order chi connectivity index (χ0) is 13.4. The minimum absolute atomic E-state index is 0. The van der Waals surface area contributed by atoms with Gasteiger partial charge in [0.15, 0.2) is 0 Å². The summed E-state index contributed by atoms with van der Waals surface area (Å²) < 4.78 is 15.0. The van der Waals surface area contributed by atoms with Gasteiger partial charge in [0.05, 0.1) is 0 Å². The van der Waals surface area contributed by atoms with E-state index in [1.54, 1.807) is 12.8 Å². The van der Waals surface area contributed by atoms with E-state index >= 15 is 0 Å². The van der Waals surface area contributed by atoms with Crippen LogP contribution in [0, 0.1) is 20.7 Å². The minimum Gasteiger partial charge on any atom is -0.358 e. The second-order valence-electron chi connectivity index (χ2n) is 5.95. The van der Waals surface area contributed by atoms with E-state index in [4.69, 9.17) is 9.30 Å². The van der Waals surface area contributed by atoms with Gasteiger partial charge in [0, 0.05) is 15.2 Å². The summed E-state index contributed by atoms with van der Waals surface area (Å²) in [6.07, 6.45) is 6.16. The van der Waals surface area contributed by atoms with Gasteiger partial charge < -0.3 is 7.43 Å².